The minimum absolute atomic E-state index is 0.0766. The van der Waals surface area contributed by atoms with E-state index in [1.54, 1.807) is 18.3 Å². The van der Waals surface area contributed by atoms with E-state index >= 15 is 0 Å². The molecule has 1 aromatic carbocycles. The Balaban J connectivity index is 2.40. The maximum absolute atomic E-state index is 12.3. The summed E-state index contributed by atoms with van der Waals surface area (Å²) in [5, 5.41) is 9.17. The summed E-state index contributed by atoms with van der Waals surface area (Å²) in [5.74, 6) is 0. The molecule has 1 aromatic heterocycles. The van der Waals surface area contributed by atoms with Gasteiger partial charge in [-0.3, -0.25) is 9.71 Å². The number of sulfonamides is 1. The fourth-order valence-corrected chi connectivity index (χ4v) is 3.26. The van der Waals surface area contributed by atoms with E-state index in [2.05, 4.69) is 9.71 Å². The zero-order valence-electron chi connectivity index (χ0n) is 10.7. The van der Waals surface area contributed by atoms with Gasteiger partial charge in [0.2, 0.25) is 0 Å². The highest BCUT2D eigenvalue weighted by molar-refractivity contribution is 7.92. The summed E-state index contributed by atoms with van der Waals surface area (Å²) in [6, 6.07) is 6.01. The lowest BCUT2D eigenvalue weighted by atomic mass is 10.2. The number of rotatable bonds is 4. The molecule has 20 heavy (non-hydrogen) atoms. The molecule has 0 fully saturated rings. The van der Waals surface area contributed by atoms with E-state index < -0.39 is 10.0 Å². The van der Waals surface area contributed by atoms with Gasteiger partial charge < -0.3 is 5.11 Å². The zero-order chi connectivity index (χ0) is 14.8. The Morgan fingerprint density at radius 1 is 1.30 bits per heavy atom. The first kappa shape index (κ1) is 14.8. The molecular weight excluding hydrogens is 300 g/mol. The van der Waals surface area contributed by atoms with Crippen molar-refractivity contribution in [2.24, 2.45) is 0 Å². The molecule has 2 N–H and O–H groups in total. The number of nitrogens with one attached hydrogen (secondary N) is 1. The molecule has 0 bridgehead atoms. The Morgan fingerprint density at radius 3 is 2.70 bits per heavy atom. The molecule has 0 radical (unpaired) electrons. The number of anilines is 1. The average molecular weight is 313 g/mol. The molecular formula is C13H13ClN2O3S. The lowest BCUT2D eigenvalue weighted by Crippen LogP contribution is -2.14. The van der Waals surface area contributed by atoms with Crippen molar-refractivity contribution < 1.29 is 13.5 Å². The van der Waals surface area contributed by atoms with Crippen LogP contribution in [0.1, 0.15) is 11.1 Å². The van der Waals surface area contributed by atoms with Crippen molar-refractivity contribution in [3.05, 3.63) is 52.8 Å². The van der Waals surface area contributed by atoms with E-state index in [-0.39, 0.29) is 16.5 Å². The van der Waals surface area contributed by atoms with E-state index in [0.29, 0.717) is 11.3 Å². The van der Waals surface area contributed by atoms with E-state index in [0.717, 1.165) is 5.56 Å². The lowest BCUT2D eigenvalue weighted by Gasteiger charge is -2.10. The Kier molecular flexibility index (Phi) is 4.27. The van der Waals surface area contributed by atoms with Gasteiger partial charge in [-0.15, -0.1) is 0 Å². The molecule has 0 saturated carbocycles. The van der Waals surface area contributed by atoms with Gasteiger partial charge in [0.1, 0.15) is 4.90 Å². The van der Waals surface area contributed by atoms with Gasteiger partial charge in [-0.05, 0) is 36.2 Å². The second kappa shape index (κ2) is 5.78. The Hall–Kier alpha value is -1.63. The van der Waals surface area contributed by atoms with Gasteiger partial charge in [0, 0.05) is 6.20 Å². The highest BCUT2D eigenvalue weighted by atomic mass is 35.5. The first-order valence-corrected chi connectivity index (χ1v) is 7.62. The van der Waals surface area contributed by atoms with Crippen molar-refractivity contribution in [3.8, 4) is 0 Å². The SMILES string of the molecule is Cc1cncc(NS(=O)(=O)c2cc(CO)ccc2Cl)c1. The molecule has 0 aliphatic heterocycles. The lowest BCUT2D eigenvalue weighted by molar-refractivity contribution is 0.281. The monoisotopic (exact) mass is 312 g/mol. The summed E-state index contributed by atoms with van der Waals surface area (Å²) >= 11 is 5.92. The molecule has 0 unspecified atom stereocenters. The number of halogens is 1. The first-order valence-electron chi connectivity index (χ1n) is 5.76. The molecule has 0 saturated heterocycles. The zero-order valence-corrected chi connectivity index (χ0v) is 12.2. The normalized spacial score (nSPS) is 11.3. The number of nitrogens with zero attached hydrogens (tertiary/aromatic N) is 1. The summed E-state index contributed by atoms with van der Waals surface area (Å²) in [5.41, 5.74) is 1.66. The predicted molar refractivity (Wildman–Crippen MR) is 77.2 cm³/mol. The fraction of sp³-hybridized carbons (Fsp3) is 0.154. The second-order valence-electron chi connectivity index (χ2n) is 4.28. The van der Waals surface area contributed by atoms with Crippen LogP contribution in [0.5, 0.6) is 0 Å². The van der Waals surface area contributed by atoms with E-state index in [9.17, 15) is 8.42 Å². The van der Waals surface area contributed by atoms with Crippen LogP contribution in [0.4, 0.5) is 5.69 Å². The molecule has 2 rings (SSSR count). The molecule has 0 aliphatic rings. The number of aryl methyl sites for hydroxylation is 1. The van der Waals surface area contributed by atoms with Crippen molar-refractivity contribution in [2.45, 2.75) is 18.4 Å². The van der Waals surface area contributed by atoms with E-state index in [4.69, 9.17) is 16.7 Å². The van der Waals surface area contributed by atoms with Gasteiger partial charge in [0.15, 0.2) is 0 Å². The molecule has 106 valence electrons. The quantitative estimate of drug-likeness (QED) is 0.908. The predicted octanol–water partition coefficient (Wildman–Crippen LogP) is 2.34. The highest BCUT2D eigenvalue weighted by Crippen LogP contribution is 2.25. The summed E-state index contributed by atoms with van der Waals surface area (Å²) in [6.07, 6.45) is 3.03. The van der Waals surface area contributed by atoms with Gasteiger partial charge in [-0.25, -0.2) is 8.42 Å². The van der Waals surface area contributed by atoms with E-state index in [1.165, 1.54) is 18.3 Å². The number of benzene rings is 1. The molecule has 7 heteroatoms. The number of aromatic nitrogens is 1. The third-order valence-corrected chi connectivity index (χ3v) is 4.46. The van der Waals surface area contributed by atoms with Crippen LogP contribution in [-0.2, 0) is 16.6 Å². The van der Waals surface area contributed by atoms with Gasteiger partial charge in [-0.1, -0.05) is 17.7 Å². The van der Waals surface area contributed by atoms with Crippen molar-refractivity contribution in [1.82, 2.24) is 4.98 Å². The minimum Gasteiger partial charge on any atom is -0.392 e. The largest absolute Gasteiger partial charge is 0.392 e. The first-order chi connectivity index (χ1) is 9.42. The second-order valence-corrected chi connectivity index (χ2v) is 6.34. The van der Waals surface area contributed by atoms with Crippen LogP contribution < -0.4 is 4.72 Å². The Labute approximate surface area is 122 Å². The van der Waals surface area contributed by atoms with Crippen molar-refractivity contribution in [3.63, 3.8) is 0 Å². The molecule has 0 amide bonds. The molecule has 2 aromatic rings. The third-order valence-electron chi connectivity index (χ3n) is 2.59. The van der Waals surface area contributed by atoms with Crippen molar-refractivity contribution in [1.29, 1.82) is 0 Å². The Bertz CT molecular complexity index is 732. The molecule has 0 aliphatic carbocycles. The average Bonchev–Trinajstić information content (AvgIpc) is 2.38. The van der Waals surface area contributed by atoms with Gasteiger partial charge in [0.25, 0.3) is 10.0 Å². The molecule has 0 atom stereocenters. The van der Waals surface area contributed by atoms with Gasteiger partial charge in [-0.2, -0.15) is 0 Å². The van der Waals surface area contributed by atoms with Gasteiger partial charge in [0.05, 0.1) is 23.5 Å². The number of aliphatic hydroxyl groups is 1. The number of aliphatic hydroxyl groups excluding tert-OH is 1. The van der Waals surface area contributed by atoms with Crippen LogP contribution in [0.2, 0.25) is 5.02 Å². The highest BCUT2D eigenvalue weighted by Gasteiger charge is 2.18. The molecule has 1 heterocycles. The summed E-state index contributed by atoms with van der Waals surface area (Å²) in [7, 11) is -3.83. The Morgan fingerprint density at radius 2 is 2.05 bits per heavy atom. The maximum atomic E-state index is 12.3. The van der Waals surface area contributed by atoms with Crippen LogP contribution in [0, 0.1) is 6.92 Å². The molecule has 5 nitrogen and oxygen atoms in total. The van der Waals surface area contributed by atoms with Crippen LogP contribution in [0.15, 0.2) is 41.6 Å². The summed E-state index contributed by atoms with van der Waals surface area (Å²) in [6.45, 7) is 1.55. The van der Waals surface area contributed by atoms with Crippen LogP contribution in [-0.4, -0.2) is 18.5 Å². The van der Waals surface area contributed by atoms with Gasteiger partial charge >= 0.3 is 0 Å². The number of hydrogen-bond acceptors (Lipinski definition) is 4. The smallest absolute Gasteiger partial charge is 0.263 e. The maximum Gasteiger partial charge on any atom is 0.263 e. The topological polar surface area (TPSA) is 79.3 Å². The number of hydrogen-bond donors (Lipinski definition) is 2. The van der Waals surface area contributed by atoms with Crippen LogP contribution in [0.25, 0.3) is 0 Å². The molecule has 0 spiro atoms. The number of pyridine rings is 1. The standard InChI is InChI=1S/C13H13ClN2O3S/c1-9-4-11(7-15-6-9)16-20(18,19)13-5-10(8-17)2-3-12(13)14/h2-7,16-17H,8H2,1H3. The van der Waals surface area contributed by atoms with Crippen LogP contribution >= 0.6 is 11.6 Å². The summed E-state index contributed by atoms with van der Waals surface area (Å²) in [4.78, 5) is 3.84. The minimum atomic E-state index is -3.83. The fourth-order valence-electron chi connectivity index (χ4n) is 1.67. The van der Waals surface area contributed by atoms with Crippen molar-refractivity contribution >= 4 is 27.3 Å². The van der Waals surface area contributed by atoms with E-state index in [1.807, 2.05) is 6.92 Å². The third kappa shape index (κ3) is 3.27. The van der Waals surface area contributed by atoms with Crippen molar-refractivity contribution in [2.75, 3.05) is 4.72 Å². The summed E-state index contributed by atoms with van der Waals surface area (Å²) < 4.78 is 27.0. The van der Waals surface area contributed by atoms with Crippen LogP contribution in [0.3, 0.4) is 0 Å².